The Kier molecular flexibility index (Phi) is 7.16. The number of benzene rings is 2. The summed E-state index contributed by atoms with van der Waals surface area (Å²) in [7, 11) is 0. The standard InChI is InChI=1S/C28H30FN3OS/c29-22-11-13-23(14-12-22)32-18-16-31(17-19-32)15-5-10-27(33)30-28-24-7-2-1-6-21(24)20-34-26-9-4-3-8-25(26)28/h1-4,6-7,9,11-14H,5,8,10,15-20H2,(H,30,33). The maximum atomic E-state index is 13.2. The van der Waals surface area contributed by atoms with Gasteiger partial charge in [-0.05, 0) is 60.9 Å². The molecule has 1 amide bonds. The SMILES string of the molecule is O=C(CCCN1CCN(c2ccc(F)cc2)CC1)NC1=C2CC=CC=C2SCc2ccccc21. The summed E-state index contributed by atoms with van der Waals surface area (Å²) in [6.45, 7) is 4.67. The lowest BCUT2D eigenvalue weighted by Gasteiger charge is -2.36. The lowest BCUT2D eigenvalue weighted by Crippen LogP contribution is -2.46. The largest absolute Gasteiger partial charge is 0.369 e. The third kappa shape index (κ3) is 5.29. The third-order valence-corrected chi connectivity index (χ3v) is 7.83. The summed E-state index contributed by atoms with van der Waals surface area (Å²) in [6.07, 6.45) is 8.62. The van der Waals surface area contributed by atoms with Gasteiger partial charge in [-0.3, -0.25) is 9.69 Å². The lowest BCUT2D eigenvalue weighted by molar-refractivity contribution is -0.120. The van der Waals surface area contributed by atoms with Crippen molar-refractivity contribution in [3.63, 3.8) is 0 Å². The first-order valence-corrected chi connectivity index (χ1v) is 13.0. The number of hydrogen-bond donors (Lipinski definition) is 1. The van der Waals surface area contributed by atoms with Gasteiger partial charge < -0.3 is 10.2 Å². The van der Waals surface area contributed by atoms with Gasteiger partial charge in [0.05, 0.1) is 5.70 Å². The molecule has 2 aromatic carbocycles. The summed E-state index contributed by atoms with van der Waals surface area (Å²) >= 11 is 1.85. The zero-order valence-electron chi connectivity index (χ0n) is 19.3. The van der Waals surface area contributed by atoms with E-state index in [1.807, 2.05) is 23.9 Å². The molecule has 2 heterocycles. The minimum Gasteiger partial charge on any atom is -0.369 e. The predicted octanol–water partition coefficient (Wildman–Crippen LogP) is 5.35. The smallest absolute Gasteiger partial charge is 0.224 e. The number of carbonyl (C=O) groups is 1. The van der Waals surface area contributed by atoms with Crippen molar-refractivity contribution >= 4 is 29.1 Å². The minimum absolute atomic E-state index is 0.0862. The van der Waals surface area contributed by atoms with Crippen LogP contribution in [0.2, 0.25) is 0 Å². The van der Waals surface area contributed by atoms with Crippen LogP contribution in [0.25, 0.3) is 5.70 Å². The molecule has 176 valence electrons. The van der Waals surface area contributed by atoms with Crippen molar-refractivity contribution in [2.24, 2.45) is 0 Å². The molecule has 1 N–H and O–H groups in total. The van der Waals surface area contributed by atoms with Crippen LogP contribution in [-0.2, 0) is 10.5 Å². The summed E-state index contributed by atoms with van der Waals surface area (Å²) in [5.41, 5.74) is 5.69. The molecular formula is C28H30FN3OS. The normalized spacial score (nSPS) is 18.1. The number of allylic oxidation sites excluding steroid dienone is 4. The second-order valence-corrected chi connectivity index (χ2v) is 9.94. The molecule has 4 nitrogen and oxygen atoms in total. The number of carbonyl (C=O) groups excluding carboxylic acids is 1. The number of hydrogen-bond acceptors (Lipinski definition) is 4. The highest BCUT2D eigenvalue weighted by Gasteiger charge is 2.23. The molecule has 1 saturated heterocycles. The Labute approximate surface area is 205 Å². The third-order valence-electron chi connectivity index (χ3n) is 6.68. The maximum Gasteiger partial charge on any atom is 0.224 e. The van der Waals surface area contributed by atoms with Crippen molar-refractivity contribution in [3.05, 3.63) is 94.2 Å². The predicted molar refractivity (Wildman–Crippen MR) is 139 cm³/mol. The first kappa shape index (κ1) is 22.9. The molecule has 0 spiro atoms. The van der Waals surface area contributed by atoms with Crippen LogP contribution in [0.3, 0.4) is 0 Å². The molecule has 0 saturated carbocycles. The number of halogens is 1. The van der Waals surface area contributed by atoms with Crippen LogP contribution in [0.15, 0.2) is 77.2 Å². The van der Waals surface area contributed by atoms with Crippen molar-refractivity contribution in [1.82, 2.24) is 10.2 Å². The second kappa shape index (κ2) is 10.6. The van der Waals surface area contributed by atoms with E-state index in [4.69, 9.17) is 0 Å². The van der Waals surface area contributed by atoms with E-state index >= 15 is 0 Å². The summed E-state index contributed by atoms with van der Waals surface area (Å²) in [4.78, 5) is 18.9. The van der Waals surface area contributed by atoms with Gasteiger partial charge in [-0.1, -0.05) is 36.4 Å². The van der Waals surface area contributed by atoms with Crippen LogP contribution >= 0.6 is 11.8 Å². The van der Waals surface area contributed by atoms with Gasteiger partial charge in [-0.25, -0.2) is 4.39 Å². The Morgan fingerprint density at radius 2 is 1.82 bits per heavy atom. The molecule has 0 atom stereocenters. The Hall–Kier alpha value is -2.83. The molecule has 0 aromatic heterocycles. The number of anilines is 1. The van der Waals surface area contributed by atoms with Gasteiger partial charge in [-0.15, -0.1) is 11.8 Å². The summed E-state index contributed by atoms with van der Waals surface area (Å²) in [5.74, 6) is 0.807. The highest BCUT2D eigenvalue weighted by Crippen LogP contribution is 2.41. The van der Waals surface area contributed by atoms with Crippen molar-refractivity contribution in [3.8, 4) is 0 Å². The van der Waals surface area contributed by atoms with Gasteiger partial charge in [0, 0.05) is 54.5 Å². The van der Waals surface area contributed by atoms with E-state index in [1.165, 1.54) is 28.2 Å². The van der Waals surface area contributed by atoms with Crippen LogP contribution < -0.4 is 10.2 Å². The van der Waals surface area contributed by atoms with E-state index in [9.17, 15) is 9.18 Å². The minimum atomic E-state index is -0.199. The molecule has 3 aliphatic rings. The fourth-order valence-electron chi connectivity index (χ4n) is 4.80. The quantitative estimate of drug-likeness (QED) is 0.611. The zero-order chi connectivity index (χ0) is 23.3. The van der Waals surface area contributed by atoms with Crippen molar-refractivity contribution < 1.29 is 9.18 Å². The van der Waals surface area contributed by atoms with Gasteiger partial charge >= 0.3 is 0 Å². The summed E-state index contributed by atoms with van der Waals surface area (Å²) in [5, 5.41) is 3.28. The highest BCUT2D eigenvalue weighted by molar-refractivity contribution is 8.02. The highest BCUT2D eigenvalue weighted by atomic mass is 32.2. The number of thioether (sulfide) groups is 1. The molecule has 2 aliphatic heterocycles. The van der Waals surface area contributed by atoms with Gasteiger partial charge in [-0.2, -0.15) is 0 Å². The van der Waals surface area contributed by atoms with Gasteiger partial charge in [0.15, 0.2) is 0 Å². The fourth-order valence-corrected chi connectivity index (χ4v) is 5.90. The number of nitrogens with zero attached hydrogens (tertiary/aromatic N) is 2. The van der Waals surface area contributed by atoms with Gasteiger partial charge in [0.2, 0.25) is 5.91 Å². The molecule has 1 aliphatic carbocycles. The summed E-state index contributed by atoms with van der Waals surface area (Å²) in [6, 6.07) is 15.1. The average molecular weight is 476 g/mol. The van der Waals surface area contributed by atoms with Crippen LogP contribution in [0.5, 0.6) is 0 Å². The van der Waals surface area contributed by atoms with E-state index in [-0.39, 0.29) is 11.7 Å². The number of rotatable bonds is 6. The topological polar surface area (TPSA) is 35.6 Å². The molecule has 1 fully saturated rings. The molecule has 0 radical (unpaired) electrons. The average Bonchev–Trinajstić information content (AvgIpc) is 3.02. The van der Waals surface area contributed by atoms with Crippen molar-refractivity contribution in [2.45, 2.75) is 25.0 Å². The molecule has 2 aromatic rings. The number of piperazine rings is 1. The molecule has 34 heavy (non-hydrogen) atoms. The zero-order valence-corrected chi connectivity index (χ0v) is 20.1. The van der Waals surface area contributed by atoms with Crippen molar-refractivity contribution in [2.75, 3.05) is 37.6 Å². The number of nitrogens with one attached hydrogen (secondary N) is 1. The Balaban J connectivity index is 1.15. The fraction of sp³-hybridized carbons (Fsp3) is 0.321. The van der Waals surface area contributed by atoms with Gasteiger partial charge in [0.1, 0.15) is 5.82 Å². The first-order chi connectivity index (χ1) is 16.7. The monoisotopic (exact) mass is 475 g/mol. The molecule has 6 heteroatoms. The molecule has 0 unspecified atom stereocenters. The second-order valence-electron chi connectivity index (χ2n) is 8.92. The molecule has 0 bridgehead atoms. The summed E-state index contributed by atoms with van der Waals surface area (Å²) < 4.78 is 13.2. The van der Waals surface area contributed by atoms with Crippen LogP contribution in [0, 0.1) is 5.82 Å². The number of amides is 1. The lowest BCUT2D eigenvalue weighted by atomic mass is 9.97. The maximum absolute atomic E-state index is 13.2. The van der Waals surface area contributed by atoms with Crippen molar-refractivity contribution in [1.29, 1.82) is 0 Å². The van der Waals surface area contributed by atoms with E-state index in [0.717, 1.165) is 68.3 Å². The number of fused-ring (bicyclic) bond motifs is 2. The van der Waals surface area contributed by atoms with E-state index in [1.54, 1.807) is 0 Å². The van der Waals surface area contributed by atoms with Crippen LogP contribution in [0.4, 0.5) is 10.1 Å². The van der Waals surface area contributed by atoms with E-state index in [2.05, 4.69) is 57.6 Å². The van der Waals surface area contributed by atoms with E-state index < -0.39 is 0 Å². The Morgan fingerprint density at radius 1 is 1.03 bits per heavy atom. The molecule has 5 rings (SSSR count). The first-order valence-electron chi connectivity index (χ1n) is 12.0. The van der Waals surface area contributed by atoms with Crippen LogP contribution in [-0.4, -0.2) is 43.5 Å². The van der Waals surface area contributed by atoms with Crippen LogP contribution in [0.1, 0.15) is 30.4 Å². The Bertz CT molecular complexity index is 1130. The van der Waals surface area contributed by atoms with Gasteiger partial charge in [0.25, 0.3) is 0 Å². The molecular weight excluding hydrogens is 445 g/mol. The van der Waals surface area contributed by atoms with E-state index in [0.29, 0.717) is 6.42 Å². The Morgan fingerprint density at radius 3 is 2.65 bits per heavy atom.